The molecular formula is C29H26NO+. The van der Waals surface area contributed by atoms with Gasteiger partial charge in [-0.15, -0.1) is 0 Å². The van der Waals surface area contributed by atoms with Crippen LogP contribution in [0.5, 0.6) is 5.75 Å². The Bertz CT molecular complexity index is 1270. The number of hydrogen-bond acceptors (Lipinski definition) is 1. The summed E-state index contributed by atoms with van der Waals surface area (Å²) in [4.78, 5) is 0. The average molecular weight is 405 g/mol. The molecule has 0 amide bonds. The van der Waals surface area contributed by atoms with E-state index in [1.807, 2.05) is 18.2 Å². The van der Waals surface area contributed by atoms with Crippen LogP contribution in [0.1, 0.15) is 30.5 Å². The summed E-state index contributed by atoms with van der Waals surface area (Å²) in [5.74, 6) is 1.73. The molecule has 2 heterocycles. The second-order valence-electron chi connectivity index (χ2n) is 8.54. The van der Waals surface area contributed by atoms with Gasteiger partial charge in [0.2, 0.25) is 5.69 Å². The fourth-order valence-corrected chi connectivity index (χ4v) is 4.63. The first-order valence-electron chi connectivity index (χ1n) is 10.7. The predicted octanol–water partition coefficient (Wildman–Crippen LogP) is 6.66. The van der Waals surface area contributed by atoms with Crippen LogP contribution in [0.2, 0.25) is 0 Å². The van der Waals surface area contributed by atoms with Crippen molar-refractivity contribution in [2.75, 3.05) is 7.05 Å². The highest BCUT2D eigenvalue weighted by atomic mass is 16.5. The maximum absolute atomic E-state index is 6.20. The normalized spacial score (nSPS) is 18.0. The summed E-state index contributed by atoms with van der Waals surface area (Å²) in [5.41, 5.74) is 7.36. The lowest BCUT2D eigenvalue weighted by Gasteiger charge is -2.20. The van der Waals surface area contributed by atoms with Crippen LogP contribution in [-0.4, -0.2) is 17.3 Å². The number of ether oxygens (including phenoxy) is 1. The summed E-state index contributed by atoms with van der Waals surface area (Å²) in [6.07, 6.45) is 8.48. The van der Waals surface area contributed by atoms with Crippen molar-refractivity contribution in [3.63, 3.8) is 0 Å². The molecule has 3 aromatic carbocycles. The number of rotatable bonds is 3. The maximum Gasteiger partial charge on any atom is 0.209 e. The highest BCUT2D eigenvalue weighted by molar-refractivity contribution is 6.03. The molecular weight excluding hydrogens is 378 g/mol. The fourth-order valence-electron chi connectivity index (χ4n) is 4.63. The van der Waals surface area contributed by atoms with Crippen LogP contribution < -0.4 is 4.74 Å². The van der Waals surface area contributed by atoms with Gasteiger partial charge in [0.25, 0.3) is 0 Å². The van der Waals surface area contributed by atoms with E-state index in [0.717, 1.165) is 17.1 Å². The number of para-hydroxylation sites is 2. The first-order chi connectivity index (χ1) is 15.1. The first kappa shape index (κ1) is 19.3. The molecule has 5 rings (SSSR count). The van der Waals surface area contributed by atoms with Crippen molar-refractivity contribution in [3.05, 3.63) is 126 Å². The van der Waals surface area contributed by atoms with Gasteiger partial charge in [0, 0.05) is 23.3 Å². The monoisotopic (exact) mass is 404 g/mol. The van der Waals surface area contributed by atoms with E-state index in [4.69, 9.17) is 4.74 Å². The van der Waals surface area contributed by atoms with Crippen molar-refractivity contribution in [1.29, 1.82) is 0 Å². The molecule has 0 atom stereocenters. The smallest absolute Gasteiger partial charge is 0.209 e. The quantitative estimate of drug-likeness (QED) is 0.445. The van der Waals surface area contributed by atoms with Crippen molar-refractivity contribution >= 4 is 17.0 Å². The fraction of sp³-hybridized carbons (Fsp3) is 0.138. The first-order valence-corrected chi connectivity index (χ1v) is 10.7. The van der Waals surface area contributed by atoms with Gasteiger partial charge in [-0.1, -0.05) is 72.8 Å². The topological polar surface area (TPSA) is 12.2 Å². The second-order valence-corrected chi connectivity index (χ2v) is 8.54. The SMILES string of the molecule is C[N+]1=C(/C=C/C=C2\C=C(c3ccccc3)c3ccccc3O2)C(C)(C)c2ccccc21. The molecule has 0 unspecified atom stereocenters. The lowest BCUT2D eigenvalue weighted by atomic mass is 9.81. The van der Waals surface area contributed by atoms with Crippen molar-refractivity contribution in [2.24, 2.45) is 0 Å². The zero-order valence-electron chi connectivity index (χ0n) is 18.2. The maximum atomic E-state index is 6.20. The molecule has 0 fully saturated rings. The minimum Gasteiger partial charge on any atom is -0.457 e. The lowest BCUT2D eigenvalue weighted by molar-refractivity contribution is -0.401. The highest BCUT2D eigenvalue weighted by Gasteiger charge is 2.42. The van der Waals surface area contributed by atoms with E-state index in [1.54, 1.807) is 0 Å². The number of hydrogen-bond donors (Lipinski definition) is 0. The molecule has 2 heteroatoms. The van der Waals surface area contributed by atoms with Crippen LogP contribution in [0.3, 0.4) is 0 Å². The molecule has 152 valence electrons. The Morgan fingerprint density at radius 1 is 0.839 bits per heavy atom. The zero-order chi connectivity index (χ0) is 21.4. The van der Waals surface area contributed by atoms with Gasteiger partial charge in [-0.3, -0.25) is 0 Å². The van der Waals surface area contributed by atoms with Gasteiger partial charge < -0.3 is 4.74 Å². The van der Waals surface area contributed by atoms with Gasteiger partial charge in [0.15, 0.2) is 5.71 Å². The largest absolute Gasteiger partial charge is 0.457 e. The van der Waals surface area contributed by atoms with Gasteiger partial charge in [-0.05, 0) is 43.2 Å². The molecule has 3 aromatic rings. The molecule has 0 spiro atoms. The molecule has 0 saturated heterocycles. The van der Waals surface area contributed by atoms with E-state index in [1.165, 1.54) is 28.1 Å². The Morgan fingerprint density at radius 3 is 2.35 bits per heavy atom. The number of allylic oxidation sites excluding steroid dienone is 4. The summed E-state index contributed by atoms with van der Waals surface area (Å²) in [6.45, 7) is 4.56. The van der Waals surface area contributed by atoms with Gasteiger partial charge >= 0.3 is 0 Å². The minimum absolute atomic E-state index is 0.0363. The van der Waals surface area contributed by atoms with Crippen LogP contribution in [-0.2, 0) is 5.41 Å². The third-order valence-electron chi connectivity index (χ3n) is 6.23. The molecule has 0 N–H and O–H groups in total. The molecule has 31 heavy (non-hydrogen) atoms. The Hall–Kier alpha value is -3.65. The lowest BCUT2D eigenvalue weighted by Crippen LogP contribution is -2.26. The molecule has 0 aliphatic carbocycles. The van der Waals surface area contributed by atoms with E-state index < -0.39 is 0 Å². The minimum atomic E-state index is -0.0363. The van der Waals surface area contributed by atoms with Crippen LogP contribution >= 0.6 is 0 Å². The standard InChI is InChI=1S/C29H26NO/c1-29(2)25-16-8-9-17-26(25)30(3)28(29)19-11-14-22-20-24(21-12-5-4-6-13-21)23-15-7-10-18-27(23)31-22/h4-20H,1-3H3/q+1/b19-11+,22-14+. The molecule has 0 aromatic heterocycles. The van der Waals surface area contributed by atoms with E-state index in [-0.39, 0.29) is 5.41 Å². The third kappa shape index (κ3) is 3.34. The van der Waals surface area contributed by atoms with Crippen molar-refractivity contribution in [3.8, 4) is 5.75 Å². The van der Waals surface area contributed by atoms with Crippen LogP contribution in [0, 0.1) is 0 Å². The molecule has 0 saturated carbocycles. The second kappa shape index (κ2) is 7.55. The van der Waals surface area contributed by atoms with E-state index >= 15 is 0 Å². The Labute approximate surface area is 184 Å². The highest BCUT2D eigenvalue weighted by Crippen LogP contribution is 2.39. The van der Waals surface area contributed by atoms with E-state index in [2.05, 4.69) is 110 Å². The number of benzene rings is 3. The van der Waals surface area contributed by atoms with Gasteiger partial charge in [0.05, 0.1) is 5.41 Å². The van der Waals surface area contributed by atoms with Crippen molar-refractivity contribution < 1.29 is 9.31 Å². The van der Waals surface area contributed by atoms with Crippen molar-refractivity contribution in [2.45, 2.75) is 19.3 Å². The van der Waals surface area contributed by atoms with Crippen molar-refractivity contribution in [1.82, 2.24) is 0 Å². The summed E-state index contributed by atoms with van der Waals surface area (Å²) in [5, 5.41) is 0. The Morgan fingerprint density at radius 2 is 1.55 bits per heavy atom. The molecule has 0 radical (unpaired) electrons. The van der Waals surface area contributed by atoms with Crippen LogP contribution in [0.25, 0.3) is 5.57 Å². The summed E-state index contributed by atoms with van der Waals surface area (Å²) in [7, 11) is 2.14. The summed E-state index contributed by atoms with van der Waals surface area (Å²) < 4.78 is 8.48. The van der Waals surface area contributed by atoms with Crippen LogP contribution in [0.15, 0.2) is 109 Å². The Balaban J connectivity index is 1.51. The summed E-state index contributed by atoms with van der Waals surface area (Å²) in [6, 6.07) is 27.3. The van der Waals surface area contributed by atoms with Gasteiger partial charge in [-0.25, -0.2) is 0 Å². The number of nitrogens with zero attached hydrogens (tertiary/aromatic N) is 1. The average Bonchev–Trinajstić information content (AvgIpc) is 3.00. The van der Waals surface area contributed by atoms with Gasteiger partial charge in [0.1, 0.15) is 18.6 Å². The Kier molecular flexibility index (Phi) is 4.71. The third-order valence-corrected chi connectivity index (χ3v) is 6.23. The molecule has 2 aliphatic rings. The zero-order valence-corrected chi connectivity index (χ0v) is 18.2. The van der Waals surface area contributed by atoms with Crippen LogP contribution in [0.4, 0.5) is 5.69 Å². The predicted molar refractivity (Wildman–Crippen MR) is 128 cm³/mol. The van der Waals surface area contributed by atoms with E-state index in [9.17, 15) is 0 Å². The molecule has 0 bridgehead atoms. The molecule has 2 nitrogen and oxygen atoms in total. The summed E-state index contributed by atoms with van der Waals surface area (Å²) >= 11 is 0. The van der Waals surface area contributed by atoms with E-state index in [0.29, 0.717) is 0 Å². The number of fused-ring (bicyclic) bond motifs is 2. The molecule has 2 aliphatic heterocycles. The van der Waals surface area contributed by atoms with Gasteiger partial charge in [-0.2, -0.15) is 4.58 Å².